The van der Waals surface area contributed by atoms with Gasteiger partial charge in [-0.2, -0.15) is 14.6 Å². The maximum Gasteiger partial charge on any atom is 0.272 e. The Balaban J connectivity index is 1.62. The molecule has 1 amide bonds. The molecule has 3 aromatic heterocycles. The predicted molar refractivity (Wildman–Crippen MR) is 96.0 cm³/mol. The molecule has 0 spiro atoms. The van der Waals surface area contributed by atoms with Crippen molar-refractivity contribution in [3.05, 3.63) is 48.3 Å². The normalized spacial score (nSPS) is 16.0. The monoisotopic (exact) mass is 386 g/mol. The molecule has 10 heteroatoms. The van der Waals surface area contributed by atoms with Gasteiger partial charge in [0.1, 0.15) is 16.9 Å². The predicted octanol–water partition coefficient (Wildman–Crippen LogP) is 0.943. The summed E-state index contributed by atoms with van der Waals surface area (Å²) in [4.78, 5) is 26.7. The summed E-state index contributed by atoms with van der Waals surface area (Å²) in [6.45, 7) is 1.03. The Morgan fingerprint density at radius 3 is 2.59 bits per heavy atom. The van der Waals surface area contributed by atoms with Gasteiger partial charge in [-0.1, -0.05) is 6.07 Å². The van der Waals surface area contributed by atoms with Crippen molar-refractivity contribution in [1.82, 2.24) is 29.5 Å². The number of likely N-dealkylation sites (tertiary alicyclic amines) is 1. The molecule has 140 valence electrons. The third-order valence-corrected chi connectivity index (χ3v) is 5.87. The molecule has 3 aromatic rings. The number of piperidine rings is 1. The van der Waals surface area contributed by atoms with Gasteiger partial charge in [0.05, 0.1) is 11.9 Å². The maximum atomic E-state index is 12.6. The molecule has 4 rings (SSSR count). The van der Waals surface area contributed by atoms with Gasteiger partial charge in [0.25, 0.3) is 11.7 Å². The quantitative estimate of drug-likeness (QED) is 0.659. The highest BCUT2D eigenvalue weighted by atomic mass is 32.2. The third kappa shape index (κ3) is 3.27. The summed E-state index contributed by atoms with van der Waals surface area (Å²) in [6.07, 6.45) is 6.71. The van der Waals surface area contributed by atoms with Crippen LogP contribution in [0.1, 0.15) is 34.9 Å². The fourth-order valence-corrected chi connectivity index (χ4v) is 4.32. The van der Waals surface area contributed by atoms with E-state index in [1.807, 2.05) is 0 Å². The molecule has 9 nitrogen and oxygen atoms in total. The SMILES string of the molecule is CS(=O)(=O)c1cnc2ncnn2c1C1CCN(C(=O)c2ccccn2)CC1. The molecule has 1 aliphatic heterocycles. The van der Waals surface area contributed by atoms with E-state index in [1.54, 1.807) is 29.3 Å². The second kappa shape index (κ2) is 6.69. The van der Waals surface area contributed by atoms with Crippen molar-refractivity contribution in [2.45, 2.75) is 23.7 Å². The molecule has 1 aliphatic rings. The van der Waals surface area contributed by atoms with Crippen LogP contribution in [0.3, 0.4) is 0 Å². The van der Waals surface area contributed by atoms with E-state index >= 15 is 0 Å². The Hall–Kier alpha value is -2.88. The molecule has 1 saturated heterocycles. The van der Waals surface area contributed by atoms with E-state index in [2.05, 4.69) is 20.1 Å². The van der Waals surface area contributed by atoms with Crippen LogP contribution in [0.5, 0.6) is 0 Å². The summed E-state index contributed by atoms with van der Waals surface area (Å²) in [7, 11) is -3.47. The van der Waals surface area contributed by atoms with Crippen LogP contribution in [0.15, 0.2) is 41.8 Å². The van der Waals surface area contributed by atoms with Crippen LogP contribution < -0.4 is 0 Å². The second-order valence-electron chi connectivity index (χ2n) is 6.53. The fourth-order valence-electron chi connectivity index (χ4n) is 3.45. The minimum atomic E-state index is -3.47. The van der Waals surface area contributed by atoms with E-state index in [0.717, 1.165) is 6.26 Å². The Kier molecular flexibility index (Phi) is 4.34. The number of sulfone groups is 1. The minimum Gasteiger partial charge on any atom is -0.337 e. The zero-order valence-corrected chi connectivity index (χ0v) is 15.5. The summed E-state index contributed by atoms with van der Waals surface area (Å²) in [5.41, 5.74) is 1.00. The molecule has 0 aliphatic carbocycles. The fraction of sp³-hybridized carbons (Fsp3) is 0.353. The van der Waals surface area contributed by atoms with Crippen LogP contribution in [0.4, 0.5) is 0 Å². The Labute approximate surface area is 156 Å². The number of nitrogens with zero attached hydrogens (tertiary/aromatic N) is 6. The number of carbonyl (C=O) groups is 1. The lowest BCUT2D eigenvalue weighted by Crippen LogP contribution is -2.38. The smallest absolute Gasteiger partial charge is 0.272 e. The molecule has 0 bridgehead atoms. The molecule has 1 fully saturated rings. The van der Waals surface area contributed by atoms with Gasteiger partial charge in [0, 0.05) is 31.5 Å². The van der Waals surface area contributed by atoms with Gasteiger partial charge in [-0.05, 0) is 25.0 Å². The van der Waals surface area contributed by atoms with Gasteiger partial charge < -0.3 is 4.90 Å². The number of carbonyl (C=O) groups excluding carboxylic acids is 1. The zero-order valence-electron chi connectivity index (χ0n) is 14.7. The molecule has 4 heterocycles. The van der Waals surface area contributed by atoms with Gasteiger partial charge in [0.15, 0.2) is 9.84 Å². The van der Waals surface area contributed by atoms with Gasteiger partial charge in [-0.15, -0.1) is 0 Å². The molecule has 27 heavy (non-hydrogen) atoms. The van der Waals surface area contributed by atoms with Crippen LogP contribution in [-0.4, -0.2) is 63.1 Å². The molecule has 0 N–H and O–H groups in total. The van der Waals surface area contributed by atoms with Crippen molar-refractivity contribution in [2.75, 3.05) is 19.3 Å². The molecule has 0 atom stereocenters. The molecule has 0 unspecified atom stereocenters. The second-order valence-corrected chi connectivity index (χ2v) is 8.52. The first-order chi connectivity index (χ1) is 12.9. The highest BCUT2D eigenvalue weighted by Gasteiger charge is 2.30. The van der Waals surface area contributed by atoms with Crippen LogP contribution >= 0.6 is 0 Å². The lowest BCUT2D eigenvalue weighted by molar-refractivity contribution is 0.0705. The molecule has 0 saturated carbocycles. The average molecular weight is 386 g/mol. The topological polar surface area (TPSA) is 110 Å². The number of amides is 1. The average Bonchev–Trinajstić information content (AvgIpc) is 3.15. The number of hydrogen-bond donors (Lipinski definition) is 0. The van der Waals surface area contributed by atoms with Crippen LogP contribution in [0.25, 0.3) is 5.78 Å². The maximum absolute atomic E-state index is 12.6. The van der Waals surface area contributed by atoms with E-state index in [1.165, 1.54) is 17.0 Å². The molecule has 0 radical (unpaired) electrons. The van der Waals surface area contributed by atoms with E-state index in [4.69, 9.17) is 0 Å². The van der Waals surface area contributed by atoms with E-state index in [9.17, 15) is 13.2 Å². The lowest BCUT2D eigenvalue weighted by atomic mass is 9.93. The van der Waals surface area contributed by atoms with Crippen molar-refractivity contribution in [2.24, 2.45) is 0 Å². The van der Waals surface area contributed by atoms with Gasteiger partial charge >= 0.3 is 0 Å². The van der Waals surface area contributed by atoms with Crippen LogP contribution in [-0.2, 0) is 9.84 Å². The van der Waals surface area contributed by atoms with Crippen molar-refractivity contribution in [3.63, 3.8) is 0 Å². The molecular weight excluding hydrogens is 368 g/mol. The Morgan fingerprint density at radius 1 is 1.15 bits per heavy atom. The third-order valence-electron chi connectivity index (χ3n) is 4.76. The van der Waals surface area contributed by atoms with Crippen LogP contribution in [0, 0.1) is 0 Å². The minimum absolute atomic E-state index is 0.0605. The summed E-state index contributed by atoms with van der Waals surface area (Å²) >= 11 is 0. The summed E-state index contributed by atoms with van der Waals surface area (Å²) < 4.78 is 26.0. The number of pyridine rings is 1. The van der Waals surface area contributed by atoms with Gasteiger partial charge in [0.2, 0.25) is 0 Å². The van der Waals surface area contributed by atoms with Gasteiger partial charge in [-0.25, -0.2) is 13.4 Å². The Bertz CT molecular complexity index is 1090. The summed E-state index contributed by atoms with van der Waals surface area (Å²) in [6, 6.07) is 5.24. The first-order valence-corrected chi connectivity index (χ1v) is 10.4. The molecular formula is C17H18N6O3S. The van der Waals surface area contributed by atoms with Crippen molar-refractivity contribution < 1.29 is 13.2 Å². The Morgan fingerprint density at radius 2 is 1.93 bits per heavy atom. The largest absolute Gasteiger partial charge is 0.337 e. The highest BCUT2D eigenvalue weighted by molar-refractivity contribution is 7.90. The van der Waals surface area contributed by atoms with Crippen LogP contribution in [0.2, 0.25) is 0 Å². The number of fused-ring (bicyclic) bond motifs is 1. The number of aromatic nitrogens is 5. The van der Waals surface area contributed by atoms with E-state index < -0.39 is 9.84 Å². The highest BCUT2D eigenvalue weighted by Crippen LogP contribution is 2.32. The van der Waals surface area contributed by atoms with Crippen molar-refractivity contribution in [1.29, 1.82) is 0 Å². The van der Waals surface area contributed by atoms with Crippen molar-refractivity contribution >= 4 is 21.5 Å². The lowest BCUT2D eigenvalue weighted by Gasteiger charge is -2.32. The van der Waals surface area contributed by atoms with E-state index in [-0.39, 0.29) is 16.7 Å². The van der Waals surface area contributed by atoms with Crippen molar-refractivity contribution in [3.8, 4) is 0 Å². The standard InChI is InChI=1S/C17H18N6O3S/c1-27(25,26)14-10-19-17-20-11-21-23(17)15(14)12-5-8-22(9-6-12)16(24)13-4-2-3-7-18-13/h2-4,7,10-12H,5-6,8-9H2,1H3. The first kappa shape index (κ1) is 17.5. The zero-order chi connectivity index (χ0) is 19.0. The van der Waals surface area contributed by atoms with Gasteiger partial charge in [-0.3, -0.25) is 9.78 Å². The summed E-state index contributed by atoms with van der Waals surface area (Å²) in [5.74, 6) is 0.192. The number of hydrogen-bond acceptors (Lipinski definition) is 7. The molecule has 0 aromatic carbocycles. The first-order valence-electron chi connectivity index (χ1n) is 8.54. The number of rotatable bonds is 3. The van der Waals surface area contributed by atoms with E-state index in [0.29, 0.717) is 43.1 Å². The summed E-state index contributed by atoms with van der Waals surface area (Å²) in [5, 5.41) is 4.16.